The van der Waals surface area contributed by atoms with E-state index >= 15 is 0 Å². The van der Waals surface area contributed by atoms with Crippen molar-refractivity contribution in [3.05, 3.63) is 30.1 Å². The molecule has 0 radical (unpaired) electrons. The van der Waals surface area contributed by atoms with E-state index in [9.17, 15) is 4.79 Å². The van der Waals surface area contributed by atoms with Gasteiger partial charge in [-0.3, -0.25) is 14.7 Å². The predicted molar refractivity (Wildman–Crippen MR) is 100 cm³/mol. The van der Waals surface area contributed by atoms with Gasteiger partial charge in [0.05, 0.1) is 6.54 Å². The third kappa shape index (κ3) is 5.79. The Morgan fingerprint density at radius 1 is 1.32 bits per heavy atom. The van der Waals surface area contributed by atoms with Crippen molar-refractivity contribution in [2.45, 2.75) is 51.1 Å². The second-order valence-corrected chi connectivity index (χ2v) is 7.78. The lowest BCUT2D eigenvalue weighted by Crippen LogP contribution is -2.39. The van der Waals surface area contributed by atoms with E-state index in [1.807, 2.05) is 30.3 Å². The fraction of sp³-hybridized carbons (Fsp3) is 0.700. The highest BCUT2D eigenvalue weighted by Gasteiger charge is 2.29. The fourth-order valence-corrected chi connectivity index (χ4v) is 4.23. The van der Waals surface area contributed by atoms with Crippen LogP contribution in [0.4, 0.5) is 0 Å². The lowest BCUT2D eigenvalue weighted by Gasteiger charge is -2.31. The molecule has 5 heteroatoms. The SMILES string of the molecule is CN(CC(=O)NC[C@@H]1CCN(C2CCCCC2)C1)Cc1cccnc1. The first-order chi connectivity index (χ1) is 12.2. The van der Waals surface area contributed by atoms with Crippen LogP contribution in [-0.2, 0) is 11.3 Å². The Hall–Kier alpha value is -1.46. The van der Waals surface area contributed by atoms with E-state index in [1.54, 1.807) is 6.20 Å². The van der Waals surface area contributed by atoms with Crippen LogP contribution in [0, 0.1) is 5.92 Å². The zero-order valence-electron chi connectivity index (χ0n) is 15.5. The van der Waals surface area contributed by atoms with Gasteiger partial charge in [-0.2, -0.15) is 0 Å². The molecule has 25 heavy (non-hydrogen) atoms. The molecule has 0 spiro atoms. The Morgan fingerprint density at radius 3 is 2.92 bits per heavy atom. The molecular formula is C20H32N4O. The number of hydrogen-bond acceptors (Lipinski definition) is 4. The van der Waals surface area contributed by atoms with Crippen LogP contribution in [0.15, 0.2) is 24.5 Å². The molecule has 2 fully saturated rings. The van der Waals surface area contributed by atoms with Gasteiger partial charge in [0.1, 0.15) is 0 Å². The van der Waals surface area contributed by atoms with Gasteiger partial charge in [-0.1, -0.05) is 25.3 Å². The zero-order chi connectivity index (χ0) is 17.5. The molecule has 1 N–H and O–H groups in total. The van der Waals surface area contributed by atoms with Gasteiger partial charge < -0.3 is 10.2 Å². The first kappa shape index (κ1) is 18.3. The standard InChI is InChI=1S/C20H32N4O/c1-23(14-17-6-5-10-21-12-17)16-20(25)22-13-18-9-11-24(15-18)19-7-3-2-4-8-19/h5-6,10,12,18-19H,2-4,7-9,11,13-16H2,1H3,(H,22,25)/t18-/m0/s1. The highest BCUT2D eigenvalue weighted by atomic mass is 16.2. The molecule has 2 aliphatic rings. The molecule has 0 unspecified atom stereocenters. The number of pyridine rings is 1. The van der Waals surface area contributed by atoms with Gasteiger partial charge in [-0.15, -0.1) is 0 Å². The average Bonchev–Trinajstić information content (AvgIpc) is 3.10. The number of hydrogen-bond donors (Lipinski definition) is 1. The van der Waals surface area contributed by atoms with Gasteiger partial charge in [-0.05, 0) is 50.4 Å². The molecule has 5 nitrogen and oxygen atoms in total. The van der Waals surface area contributed by atoms with E-state index < -0.39 is 0 Å². The summed E-state index contributed by atoms with van der Waals surface area (Å²) in [7, 11) is 1.98. The summed E-state index contributed by atoms with van der Waals surface area (Å²) >= 11 is 0. The first-order valence-electron chi connectivity index (χ1n) is 9.79. The van der Waals surface area contributed by atoms with Crippen LogP contribution in [-0.4, -0.2) is 60.0 Å². The average molecular weight is 345 g/mol. The van der Waals surface area contributed by atoms with Gasteiger partial charge in [0.15, 0.2) is 0 Å². The van der Waals surface area contributed by atoms with Crippen molar-refractivity contribution in [1.82, 2.24) is 20.1 Å². The number of likely N-dealkylation sites (N-methyl/N-ethyl adjacent to an activating group) is 1. The minimum absolute atomic E-state index is 0.127. The van der Waals surface area contributed by atoms with Gasteiger partial charge in [0.2, 0.25) is 5.91 Å². The van der Waals surface area contributed by atoms with E-state index in [2.05, 4.69) is 15.2 Å². The molecule has 1 amide bonds. The highest BCUT2D eigenvalue weighted by molar-refractivity contribution is 5.77. The third-order valence-corrected chi connectivity index (χ3v) is 5.59. The summed E-state index contributed by atoms with van der Waals surface area (Å²) in [6.45, 7) is 4.39. The van der Waals surface area contributed by atoms with Gasteiger partial charge in [-0.25, -0.2) is 0 Å². The van der Waals surface area contributed by atoms with Crippen LogP contribution in [0.5, 0.6) is 0 Å². The Morgan fingerprint density at radius 2 is 2.16 bits per heavy atom. The van der Waals surface area contributed by atoms with E-state index in [4.69, 9.17) is 0 Å². The van der Waals surface area contributed by atoms with Crippen LogP contribution in [0.1, 0.15) is 44.1 Å². The molecule has 1 aromatic heterocycles. The van der Waals surface area contributed by atoms with Gasteiger partial charge >= 0.3 is 0 Å². The summed E-state index contributed by atoms with van der Waals surface area (Å²) in [4.78, 5) is 21.0. The number of carbonyl (C=O) groups is 1. The van der Waals surface area contributed by atoms with Crippen molar-refractivity contribution in [2.24, 2.45) is 5.92 Å². The topological polar surface area (TPSA) is 48.5 Å². The number of amides is 1. The number of carbonyl (C=O) groups excluding carboxylic acids is 1. The maximum absolute atomic E-state index is 12.2. The van der Waals surface area contributed by atoms with E-state index in [1.165, 1.54) is 45.1 Å². The van der Waals surface area contributed by atoms with Crippen molar-refractivity contribution < 1.29 is 4.79 Å². The van der Waals surface area contributed by atoms with Gasteiger partial charge in [0.25, 0.3) is 0 Å². The predicted octanol–water partition coefficient (Wildman–Crippen LogP) is 2.28. The number of nitrogens with zero attached hydrogens (tertiary/aromatic N) is 3. The zero-order valence-corrected chi connectivity index (χ0v) is 15.5. The summed E-state index contributed by atoms with van der Waals surface area (Å²) < 4.78 is 0. The van der Waals surface area contributed by atoms with Crippen LogP contribution < -0.4 is 5.32 Å². The largest absolute Gasteiger partial charge is 0.355 e. The Bertz CT molecular complexity index is 530. The lowest BCUT2D eigenvalue weighted by molar-refractivity contribution is -0.122. The Kier molecular flexibility index (Phi) is 6.82. The molecule has 1 saturated heterocycles. The first-order valence-corrected chi connectivity index (χ1v) is 9.79. The summed E-state index contributed by atoms with van der Waals surface area (Å²) in [6.07, 6.45) is 11.8. The molecule has 0 bridgehead atoms. The molecule has 1 atom stereocenters. The molecule has 0 aromatic carbocycles. The Balaban J connectivity index is 1.33. The number of nitrogens with one attached hydrogen (secondary N) is 1. The van der Waals surface area contributed by atoms with Crippen molar-refractivity contribution >= 4 is 5.91 Å². The summed E-state index contributed by atoms with van der Waals surface area (Å²) in [6, 6.07) is 4.78. The van der Waals surface area contributed by atoms with Crippen molar-refractivity contribution in [3.8, 4) is 0 Å². The molecule has 138 valence electrons. The second kappa shape index (κ2) is 9.30. The van der Waals surface area contributed by atoms with E-state index in [-0.39, 0.29) is 5.91 Å². The number of rotatable bonds is 7. The van der Waals surface area contributed by atoms with Crippen molar-refractivity contribution in [2.75, 3.05) is 33.2 Å². The minimum Gasteiger partial charge on any atom is -0.355 e. The normalized spacial score (nSPS) is 22.4. The minimum atomic E-state index is 0.127. The fourth-order valence-electron chi connectivity index (χ4n) is 4.23. The quantitative estimate of drug-likeness (QED) is 0.824. The third-order valence-electron chi connectivity index (χ3n) is 5.59. The maximum atomic E-state index is 12.2. The number of likely N-dealkylation sites (tertiary alicyclic amines) is 1. The molecule has 1 saturated carbocycles. The van der Waals surface area contributed by atoms with Crippen LogP contribution >= 0.6 is 0 Å². The molecule has 2 heterocycles. The smallest absolute Gasteiger partial charge is 0.234 e. The summed E-state index contributed by atoms with van der Waals surface area (Å²) in [5, 5.41) is 3.14. The van der Waals surface area contributed by atoms with Crippen LogP contribution in [0.3, 0.4) is 0 Å². The summed E-state index contributed by atoms with van der Waals surface area (Å²) in [5.74, 6) is 0.747. The molecule has 3 rings (SSSR count). The highest BCUT2D eigenvalue weighted by Crippen LogP contribution is 2.27. The van der Waals surface area contributed by atoms with Crippen molar-refractivity contribution in [1.29, 1.82) is 0 Å². The molecule has 1 aliphatic carbocycles. The summed E-state index contributed by atoms with van der Waals surface area (Å²) in [5.41, 5.74) is 1.14. The maximum Gasteiger partial charge on any atom is 0.234 e. The molecule has 1 aliphatic heterocycles. The monoisotopic (exact) mass is 344 g/mol. The number of aromatic nitrogens is 1. The lowest BCUT2D eigenvalue weighted by atomic mass is 9.94. The van der Waals surface area contributed by atoms with Crippen molar-refractivity contribution in [3.63, 3.8) is 0 Å². The molecular weight excluding hydrogens is 312 g/mol. The Labute approximate surface area is 151 Å². The van der Waals surface area contributed by atoms with Crippen LogP contribution in [0.25, 0.3) is 0 Å². The molecule has 1 aromatic rings. The second-order valence-electron chi connectivity index (χ2n) is 7.78. The van der Waals surface area contributed by atoms with Gasteiger partial charge in [0, 0.05) is 38.1 Å². The van der Waals surface area contributed by atoms with Crippen LogP contribution in [0.2, 0.25) is 0 Å². The van der Waals surface area contributed by atoms with E-state index in [0.717, 1.165) is 31.2 Å². The van der Waals surface area contributed by atoms with E-state index in [0.29, 0.717) is 12.5 Å².